The van der Waals surface area contributed by atoms with Crippen molar-refractivity contribution in [3.63, 3.8) is 0 Å². The summed E-state index contributed by atoms with van der Waals surface area (Å²) in [5.41, 5.74) is 1.24. The molecule has 1 aromatic carbocycles. The van der Waals surface area contributed by atoms with E-state index < -0.39 is 12.2 Å². The lowest BCUT2D eigenvalue weighted by atomic mass is 10.1. The Kier molecular flexibility index (Phi) is 5.36. The number of benzene rings is 1. The molecule has 3 N–H and O–H groups in total. The Morgan fingerprint density at radius 1 is 1.31 bits per heavy atom. The van der Waals surface area contributed by atoms with Gasteiger partial charge in [0, 0.05) is 6.54 Å². The molecule has 1 rings (SSSR count). The molecule has 0 bridgehead atoms. The fourth-order valence-corrected chi connectivity index (χ4v) is 1.49. The van der Waals surface area contributed by atoms with Crippen molar-refractivity contribution in [3.05, 3.63) is 35.9 Å². The molecule has 0 fully saturated rings. The Morgan fingerprint density at radius 3 is 2.62 bits per heavy atom. The quantitative estimate of drug-likeness (QED) is 0.686. The summed E-state index contributed by atoms with van der Waals surface area (Å²) in [4.78, 5) is 10.2. The number of amides is 1. The van der Waals surface area contributed by atoms with Gasteiger partial charge in [-0.1, -0.05) is 30.3 Å². The molecule has 0 saturated carbocycles. The minimum absolute atomic E-state index is 0.101. The van der Waals surface area contributed by atoms with Crippen LogP contribution in [0.25, 0.3) is 0 Å². The smallest absolute Gasteiger partial charge is 0.404 e. The summed E-state index contributed by atoms with van der Waals surface area (Å²) in [7, 11) is 0. The summed E-state index contributed by atoms with van der Waals surface area (Å²) >= 11 is 0. The minimum Gasteiger partial charge on any atom is -0.465 e. The first-order valence-corrected chi connectivity index (χ1v) is 5.37. The predicted molar refractivity (Wildman–Crippen MR) is 61.4 cm³/mol. The average Bonchev–Trinajstić information content (AvgIpc) is 2.28. The molecule has 0 aliphatic rings. The maximum atomic E-state index is 10.2. The lowest BCUT2D eigenvalue weighted by Crippen LogP contribution is -2.30. The van der Waals surface area contributed by atoms with Crippen LogP contribution in [0.15, 0.2) is 30.3 Å². The van der Waals surface area contributed by atoms with Crippen molar-refractivity contribution in [1.82, 2.24) is 5.32 Å². The third kappa shape index (κ3) is 5.36. The number of nitrogens with one attached hydrogen (secondary N) is 1. The Bertz CT molecular complexity index is 313. The molecule has 0 aromatic heterocycles. The van der Waals surface area contributed by atoms with Crippen molar-refractivity contribution in [2.24, 2.45) is 0 Å². The largest absolute Gasteiger partial charge is 0.465 e. The molecule has 1 unspecified atom stereocenters. The minimum atomic E-state index is -1.10. The summed E-state index contributed by atoms with van der Waals surface area (Å²) in [6.45, 7) is 0.101. The fourth-order valence-electron chi connectivity index (χ4n) is 1.49. The van der Waals surface area contributed by atoms with E-state index in [4.69, 9.17) is 5.11 Å². The Balaban J connectivity index is 2.13. The normalized spacial score (nSPS) is 12.1. The van der Waals surface area contributed by atoms with Crippen LogP contribution >= 0.6 is 0 Å². The monoisotopic (exact) mass is 223 g/mol. The van der Waals surface area contributed by atoms with Crippen LogP contribution in [0.3, 0.4) is 0 Å². The molecule has 1 aromatic rings. The van der Waals surface area contributed by atoms with Crippen LogP contribution in [-0.4, -0.2) is 29.0 Å². The molecular formula is C12H17NO3. The van der Waals surface area contributed by atoms with Gasteiger partial charge in [-0.15, -0.1) is 0 Å². The Hall–Kier alpha value is -1.55. The zero-order chi connectivity index (χ0) is 11.8. The Morgan fingerprint density at radius 2 is 2.00 bits per heavy atom. The summed E-state index contributed by atoms with van der Waals surface area (Å²) in [5, 5.41) is 20.0. The third-order valence-corrected chi connectivity index (χ3v) is 2.33. The summed E-state index contributed by atoms with van der Waals surface area (Å²) < 4.78 is 0. The molecule has 0 spiro atoms. The van der Waals surface area contributed by atoms with Gasteiger partial charge >= 0.3 is 6.09 Å². The molecule has 0 heterocycles. The number of aryl methyl sites for hydroxylation is 1. The van der Waals surface area contributed by atoms with Crippen molar-refractivity contribution in [1.29, 1.82) is 0 Å². The SMILES string of the molecule is O=C(O)NCC(O)CCCc1ccccc1. The molecule has 4 nitrogen and oxygen atoms in total. The van der Waals surface area contributed by atoms with Gasteiger partial charge in [-0.3, -0.25) is 0 Å². The second kappa shape index (κ2) is 6.85. The molecule has 0 aliphatic heterocycles. The van der Waals surface area contributed by atoms with Crippen LogP contribution in [0, 0.1) is 0 Å². The molecule has 0 aliphatic carbocycles. The lowest BCUT2D eigenvalue weighted by Gasteiger charge is -2.09. The third-order valence-electron chi connectivity index (χ3n) is 2.33. The molecule has 0 radical (unpaired) electrons. The van der Waals surface area contributed by atoms with Crippen LogP contribution in [0.4, 0.5) is 4.79 Å². The number of carboxylic acid groups (broad SMARTS) is 1. The molecule has 1 amide bonds. The highest BCUT2D eigenvalue weighted by atomic mass is 16.4. The van der Waals surface area contributed by atoms with Crippen LogP contribution < -0.4 is 5.32 Å². The van der Waals surface area contributed by atoms with E-state index >= 15 is 0 Å². The first kappa shape index (κ1) is 12.5. The zero-order valence-corrected chi connectivity index (χ0v) is 9.10. The van der Waals surface area contributed by atoms with Gasteiger partial charge in [0.05, 0.1) is 6.10 Å². The molecule has 1 atom stereocenters. The van der Waals surface area contributed by atoms with Gasteiger partial charge in [0.25, 0.3) is 0 Å². The second-order valence-electron chi connectivity index (χ2n) is 3.72. The first-order valence-electron chi connectivity index (χ1n) is 5.37. The highest BCUT2D eigenvalue weighted by Crippen LogP contribution is 2.06. The van der Waals surface area contributed by atoms with Crippen molar-refractivity contribution < 1.29 is 15.0 Å². The number of aliphatic hydroxyl groups is 1. The van der Waals surface area contributed by atoms with E-state index in [1.807, 2.05) is 30.3 Å². The number of carbonyl (C=O) groups is 1. The van der Waals surface area contributed by atoms with Crippen molar-refractivity contribution in [3.8, 4) is 0 Å². The van der Waals surface area contributed by atoms with Gasteiger partial charge in [0.2, 0.25) is 0 Å². The lowest BCUT2D eigenvalue weighted by molar-refractivity contribution is 0.148. The van der Waals surface area contributed by atoms with E-state index in [1.165, 1.54) is 5.56 Å². The molecular weight excluding hydrogens is 206 g/mol. The maximum absolute atomic E-state index is 10.2. The highest BCUT2D eigenvalue weighted by molar-refractivity contribution is 5.64. The number of hydrogen-bond acceptors (Lipinski definition) is 2. The highest BCUT2D eigenvalue weighted by Gasteiger charge is 2.05. The molecule has 4 heteroatoms. The summed E-state index contributed by atoms with van der Waals surface area (Å²) in [5.74, 6) is 0. The van der Waals surface area contributed by atoms with Crippen LogP contribution in [0.2, 0.25) is 0 Å². The van der Waals surface area contributed by atoms with Gasteiger partial charge in [-0.25, -0.2) is 4.79 Å². The molecule has 16 heavy (non-hydrogen) atoms. The fraction of sp³-hybridized carbons (Fsp3) is 0.417. The van der Waals surface area contributed by atoms with Gasteiger partial charge in [0.1, 0.15) is 0 Å². The predicted octanol–water partition coefficient (Wildman–Crippen LogP) is 1.64. The number of rotatable bonds is 6. The van der Waals surface area contributed by atoms with Crippen LogP contribution in [-0.2, 0) is 6.42 Å². The maximum Gasteiger partial charge on any atom is 0.404 e. The molecule has 0 saturated heterocycles. The van der Waals surface area contributed by atoms with Gasteiger partial charge in [0.15, 0.2) is 0 Å². The standard InChI is InChI=1S/C12H17NO3/c14-11(9-13-12(15)16)8-4-7-10-5-2-1-3-6-10/h1-3,5-6,11,13-14H,4,7-9H2,(H,15,16). The van der Waals surface area contributed by atoms with E-state index in [0.717, 1.165) is 12.8 Å². The topological polar surface area (TPSA) is 69.6 Å². The average molecular weight is 223 g/mol. The first-order chi connectivity index (χ1) is 7.68. The van der Waals surface area contributed by atoms with Crippen LogP contribution in [0.5, 0.6) is 0 Å². The molecule has 88 valence electrons. The summed E-state index contributed by atoms with van der Waals surface area (Å²) in [6, 6.07) is 10.0. The Labute approximate surface area is 94.9 Å². The van der Waals surface area contributed by atoms with Crippen molar-refractivity contribution in [2.75, 3.05) is 6.54 Å². The number of hydrogen-bond donors (Lipinski definition) is 3. The van der Waals surface area contributed by atoms with Gasteiger partial charge in [-0.05, 0) is 24.8 Å². The van der Waals surface area contributed by atoms with E-state index in [-0.39, 0.29) is 6.54 Å². The van der Waals surface area contributed by atoms with E-state index in [1.54, 1.807) is 0 Å². The van der Waals surface area contributed by atoms with Crippen molar-refractivity contribution >= 4 is 6.09 Å². The summed E-state index contributed by atoms with van der Waals surface area (Å²) in [6.07, 6.45) is 0.675. The van der Waals surface area contributed by atoms with E-state index in [0.29, 0.717) is 6.42 Å². The number of aliphatic hydroxyl groups excluding tert-OH is 1. The van der Waals surface area contributed by atoms with Crippen molar-refractivity contribution in [2.45, 2.75) is 25.4 Å². The van der Waals surface area contributed by atoms with Crippen LogP contribution in [0.1, 0.15) is 18.4 Å². The van der Waals surface area contributed by atoms with E-state index in [2.05, 4.69) is 5.32 Å². The second-order valence-corrected chi connectivity index (χ2v) is 3.72. The van der Waals surface area contributed by atoms with Gasteiger partial charge in [-0.2, -0.15) is 0 Å². The van der Waals surface area contributed by atoms with E-state index in [9.17, 15) is 9.90 Å². The van der Waals surface area contributed by atoms with Gasteiger partial charge < -0.3 is 15.5 Å². The zero-order valence-electron chi connectivity index (χ0n) is 9.10.